The van der Waals surface area contributed by atoms with Crippen molar-refractivity contribution in [3.8, 4) is 22.3 Å². The summed E-state index contributed by atoms with van der Waals surface area (Å²) in [7, 11) is 1.34. The van der Waals surface area contributed by atoms with Crippen LogP contribution in [0.4, 0.5) is 5.69 Å². The molecule has 0 heterocycles. The standard InChI is InChI=1S/C21H17NO4/c1-14-12-17(21(23)26-2)13-19(20(14)16-6-4-3-5-7-16)15-8-10-18(11-9-15)22(24)25/h3-13H,1-2H3. The summed E-state index contributed by atoms with van der Waals surface area (Å²) in [6.07, 6.45) is 0. The fourth-order valence-corrected chi connectivity index (χ4v) is 3.00. The van der Waals surface area contributed by atoms with Crippen molar-refractivity contribution in [3.63, 3.8) is 0 Å². The highest BCUT2D eigenvalue weighted by Gasteiger charge is 2.16. The first kappa shape index (κ1) is 17.4. The largest absolute Gasteiger partial charge is 0.465 e. The molecule has 0 saturated carbocycles. The van der Waals surface area contributed by atoms with Gasteiger partial charge in [0.25, 0.3) is 5.69 Å². The van der Waals surface area contributed by atoms with Gasteiger partial charge in [-0.1, -0.05) is 30.3 Å². The van der Waals surface area contributed by atoms with E-state index in [0.29, 0.717) is 5.56 Å². The van der Waals surface area contributed by atoms with Crippen LogP contribution in [0, 0.1) is 17.0 Å². The number of ether oxygens (including phenoxy) is 1. The average Bonchev–Trinajstić information content (AvgIpc) is 2.67. The first-order valence-electron chi connectivity index (χ1n) is 8.04. The van der Waals surface area contributed by atoms with E-state index in [1.54, 1.807) is 24.3 Å². The van der Waals surface area contributed by atoms with Crippen LogP contribution in [0.25, 0.3) is 22.3 Å². The number of nitrogens with zero attached hydrogens (tertiary/aromatic N) is 1. The van der Waals surface area contributed by atoms with Crippen LogP contribution >= 0.6 is 0 Å². The zero-order chi connectivity index (χ0) is 18.7. The van der Waals surface area contributed by atoms with Crippen LogP contribution in [0.15, 0.2) is 66.7 Å². The third kappa shape index (κ3) is 3.32. The Bertz CT molecular complexity index is 963. The molecule has 0 aromatic heterocycles. The highest BCUT2D eigenvalue weighted by Crippen LogP contribution is 2.36. The number of rotatable bonds is 4. The van der Waals surface area contributed by atoms with Crippen molar-refractivity contribution in [3.05, 3.63) is 88.0 Å². The van der Waals surface area contributed by atoms with Crippen LogP contribution in [0.2, 0.25) is 0 Å². The monoisotopic (exact) mass is 347 g/mol. The molecule has 0 aliphatic rings. The van der Waals surface area contributed by atoms with Gasteiger partial charge in [0.2, 0.25) is 0 Å². The molecule has 0 N–H and O–H groups in total. The molecule has 0 unspecified atom stereocenters. The van der Waals surface area contributed by atoms with Crippen molar-refractivity contribution in [1.29, 1.82) is 0 Å². The fourth-order valence-electron chi connectivity index (χ4n) is 3.00. The van der Waals surface area contributed by atoms with E-state index < -0.39 is 10.9 Å². The number of benzene rings is 3. The Morgan fingerprint density at radius 1 is 0.962 bits per heavy atom. The van der Waals surface area contributed by atoms with Crippen LogP contribution in [0.1, 0.15) is 15.9 Å². The Hall–Kier alpha value is -3.47. The molecule has 0 aliphatic carbocycles. The molecule has 3 aromatic rings. The van der Waals surface area contributed by atoms with E-state index in [9.17, 15) is 14.9 Å². The average molecular weight is 347 g/mol. The van der Waals surface area contributed by atoms with Crippen molar-refractivity contribution in [2.45, 2.75) is 6.92 Å². The summed E-state index contributed by atoms with van der Waals surface area (Å²) >= 11 is 0. The Morgan fingerprint density at radius 3 is 2.19 bits per heavy atom. The van der Waals surface area contributed by atoms with Crippen molar-refractivity contribution in [1.82, 2.24) is 0 Å². The van der Waals surface area contributed by atoms with Crippen molar-refractivity contribution in [2.24, 2.45) is 0 Å². The summed E-state index contributed by atoms with van der Waals surface area (Å²) in [6, 6.07) is 19.7. The zero-order valence-corrected chi connectivity index (χ0v) is 14.4. The molecule has 0 atom stereocenters. The summed E-state index contributed by atoms with van der Waals surface area (Å²) in [5, 5.41) is 10.9. The smallest absolute Gasteiger partial charge is 0.337 e. The first-order valence-corrected chi connectivity index (χ1v) is 8.04. The van der Waals surface area contributed by atoms with E-state index in [1.165, 1.54) is 19.2 Å². The second-order valence-corrected chi connectivity index (χ2v) is 5.88. The number of nitro benzene ring substituents is 1. The topological polar surface area (TPSA) is 69.4 Å². The number of carbonyl (C=O) groups is 1. The van der Waals surface area contributed by atoms with Gasteiger partial charge in [-0.05, 0) is 59.0 Å². The number of esters is 1. The fraction of sp³-hybridized carbons (Fsp3) is 0.0952. The van der Waals surface area contributed by atoms with Crippen LogP contribution in [-0.4, -0.2) is 18.0 Å². The summed E-state index contributed by atoms with van der Waals surface area (Å²) in [5.41, 5.74) is 5.00. The predicted octanol–water partition coefficient (Wildman–Crippen LogP) is 5.02. The minimum absolute atomic E-state index is 0.0239. The molecule has 5 heteroatoms. The third-order valence-corrected chi connectivity index (χ3v) is 4.21. The SMILES string of the molecule is COC(=O)c1cc(C)c(-c2ccccc2)c(-c2ccc([N+](=O)[O-])cc2)c1. The quantitative estimate of drug-likeness (QED) is 0.377. The van der Waals surface area contributed by atoms with E-state index in [-0.39, 0.29) is 5.69 Å². The second kappa shape index (κ2) is 7.19. The highest BCUT2D eigenvalue weighted by molar-refractivity contribution is 5.95. The van der Waals surface area contributed by atoms with Crippen molar-refractivity contribution in [2.75, 3.05) is 7.11 Å². The molecule has 5 nitrogen and oxygen atoms in total. The number of hydrogen-bond acceptors (Lipinski definition) is 4. The van der Waals surface area contributed by atoms with Gasteiger partial charge in [0.15, 0.2) is 0 Å². The van der Waals surface area contributed by atoms with E-state index in [2.05, 4.69) is 0 Å². The Kier molecular flexibility index (Phi) is 4.80. The van der Waals surface area contributed by atoms with Gasteiger partial charge in [0.05, 0.1) is 17.6 Å². The summed E-state index contributed by atoms with van der Waals surface area (Å²) < 4.78 is 4.85. The van der Waals surface area contributed by atoms with Gasteiger partial charge in [-0.3, -0.25) is 10.1 Å². The minimum Gasteiger partial charge on any atom is -0.465 e. The van der Waals surface area contributed by atoms with Crippen LogP contribution in [0.3, 0.4) is 0 Å². The molecule has 130 valence electrons. The lowest BCUT2D eigenvalue weighted by Gasteiger charge is -2.15. The first-order chi connectivity index (χ1) is 12.5. The predicted molar refractivity (Wildman–Crippen MR) is 100 cm³/mol. The van der Waals surface area contributed by atoms with Gasteiger partial charge in [-0.25, -0.2) is 4.79 Å². The lowest BCUT2D eigenvalue weighted by molar-refractivity contribution is -0.384. The van der Waals surface area contributed by atoms with Crippen LogP contribution in [-0.2, 0) is 4.74 Å². The maximum atomic E-state index is 12.0. The highest BCUT2D eigenvalue weighted by atomic mass is 16.6. The Balaban J connectivity index is 2.24. The Morgan fingerprint density at radius 2 is 1.62 bits per heavy atom. The zero-order valence-electron chi connectivity index (χ0n) is 14.4. The molecule has 0 saturated heterocycles. The summed E-state index contributed by atoms with van der Waals surface area (Å²) in [4.78, 5) is 22.5. The number of hydrogen-bond donors (Lipinski definition) is 0. The van der Waals surface area contributed by atoms with E-state index in [0.717, 1.165) is 27.8 Å². The maximum Gasteiger partial charge on any atom is 0.337 e. The molecule has 3 aromatic carbocycles. The van der Waals surface area contributed by atoms with Gasteiger partial charge in [0.1, 0.15) is 0 Å². The molecule has 0 spiro atoms. The molecule has 3 rings (SSSR count). The maximum absolute atomic E-state index is 12.0. The molecular weight excluding hydrogens is 330 g/mol. The van der Waals surface area contributed by atoms with Gasteiger partial charge in [-0.2, -0.15) is 0 Å². The van der Waals surface area contributed by atoms with E-state index in [4.69, 9.17) is 4.74 Å². The van der Waals surface area contributed by atoms with Gasteiger partial charge in [0, 0.05) is 12.1 Å². The van der Waals surface area contributed by atoms with E-state index >= 15 is 0 Å². The molecule has 0 aliphatic heterocycles. The van der Waals surface area contributed by atoms with Gasteiger partial charge >= 0.3 is 5.97 Å². The van der Waals surface area contributed by atoms with Gasteiger partial charge < -0.3 is 4.74 Å². The van der Waals surface area contributed by atoms with E-state index in [1.807, 2.05) is 37.3 Å². The lowest BCUT2D eigenvalue weighted by Crippen LogP contribution is -2.03. The molecule has 0 fully saturated rings. The lowest BCUT2D eigenvalue weighted by atomic mass is 9.89. The van der Waals surface area contributed by atoms with Crippen molar-refractivity contribution >= 4 is 11.7 Å². The number of non-ortho nitro benzene ring substituents is 1. The number of carbonyl (C=O) groups excluding carboxylic acids is 1. The van der Waals surface area contributed by atoms with Crippen LogP contribution in [0.5, 0.6) is 0 Å². The molecular formula is C21H17NO4. The Labute approximate surface area is 151 Å². The molecule has 26 heavy (non-hydrogen) atoms. The summed E-state index contributed by atoms with van der Waals surface area (Å²) in [6.45, 7) is 1.93. The normalized spacial score (nSPS) is 10.4. The number of methoxy groups -OCH3 is 1. The molecule has 0 bridgehead atoms. The molecule has 0 radical (unpaired) electrons. The minimum atomic E-state index is -0.433. The second-order valence-electron chi connectivity index (χ2n) is 5.88. The van der Waals surface area contributed by atoms with Gasteiger partial charge in [-0.15, -0.1) is 0 Å². The number of nitro groups is 1. The van der Waals surface area contributed by atoms with Crippen molar-refractivity contribution < 1.29 is 14.5 Å². The summed E-state index contributed by atoms with van der Waals surface area (Å²) in [5.74, 6) is -0.420. The third-order valence-electron chi connectivity index (χ3n) is 4.21. The number of aryl methyl sites for hydroxylation is 1. The van der Waals surface area contributed by atoms with Crippen LogP contribution < -0.4 is 0 Å². The molecule has 0 amide bonds.